The molecule has 1 aliphatic heterocycles. The predicted octanol–water partition coefficient (Wildman–Crippen LogP) is 2.44. The molecule has 0 amide bonds. The number of benzene rings is 1. The molecule has 3 rings (SSSR count). The van der Waals surface area contributed by atoms with E-state index in [-0.39, 0.29) is 0 Å². The van der Waals surface area contributed by atoms with E-state index in [0.717, 1.165) is 25.2 Å². The van der Waals surface area contributed by atoms with Crippen molar-refractivity contribution < 1.29 is 5.11 Å². The zero-order valence-electron chi connectivity index (χ0n) is 11.5. The molecule has 0 aliphatic carbocycles. The van der Waals surface area contributed by atoms with Crippen molar-refractivity contribution in [2.75, 3.05) is 13.1 Å². The normalized spacial score (nSPS) is 18.7. The number of aliphatic hydroxyl groups is 1. The largest absolute Gasteiger partial charge is 0.387 e. The summed E-state index contributed by atoms with van der Waals surface area (Å²) in [7, 11) is 0. The minimum Gasteiger partial charge on any atom is -0.387 e. The highest BCUT2D eigenvalue weighted by Gasteiger charge is 2.43. The van der Waals surface area contributed by atoms with Gasteiger partial charge >= 0.3 is 0 Å². The first-order valence-electron chi connectivity index (χ1n) is 6.86. The van der Waals surface area contributed by atoms with Crippen LogP contribution >= 0.6 is 0 Å². The fraction of sp³-hybridized carbons (Fsp3) is 0.438. The molecule has 0 bridgehead atoms. The Morgan fingerprint density at radius 1 is 1.26 bits per heavy atom. The van der Waals surface area contributed by atoms with Crippen molar-refractivity contribution in [2.45, 2.75) is 26.0 Å². The Labute approximate surface area is 113 Å². The first-order chi connectivity index (χ1) is 9.08. The minimum absolute atomic E-state index is 0.314. The van der Waals surface area contributed by atoms with Crippen LogP contribution in [0.25, 0.3) is 10.9 Å². The zero-order chi connectivity index (χ0) is 13.5. The molecule has 1 aliphatic rings. The lowest BCUT2D eigenvalue weighted by Crippen LogP contribution is -2.63. The molecule has 1 aromatic heterocycles. The monoisotopic (exact) mass is 256 g/mol. The van der Waals surface area contributed by atoms with Crippen molar-refractivity contribution in [3.8, 4) is 0 Å². The molecule has 100 valence electrons. The van der Waals surface area contributed by atoms with Crippen LogP contribution in [0.5, 0.6) is 0 Å². The summed E-state index contributed by atoms with van der Waals surface area (Å²) in [6.45, 7) is 6.54. The van der Waals surface area contributed by atoms with Crippen molar-refractivity contribution in [3.05, 3.63) is 42.1 Å². The molecule has 1 saturated heterocycles. The van der Waals surface area contributed by atoms with Gasteiger partial charge < -0.3 is 5.11 Å². The van der Waals surface area contributed by atoms with Crippen LogP contribution in [0, 0.1) is 5.92 Å². The number of rotatable bonds is 3. The number of pyridine rings is 1. The summed E-state index contributed by atoms with van der Waals surface area (Å²) in [5.74, 6) is 0.314. The standard InChI is InChI=1S/C16H20N2O/c1-12(2)16(19)10-18(11-16)9-14-6-3-5-13-7-4-8-17-15(13)14/h3-8,12,19H,9-11H2,1-2H3. The number of aromatic nitrogens is 1. The van der Waals surface area contributed by atoms with Crippen molar-refractivity contribution in [2.24, 2.45) is 5.92 Å². The van der Waals surface area contributed by atoms with E-state index >= 15 is 0 Å². The Kier molecular flexibility index (Phi) is 3.03. The van der Waals surface area contributed by atoms with Gasteiger partial charge in [-0.05, 0) is 17.5 Å². The molecule has 2 heterocycles. The quantitative estimate of drug-likeness (QED) is 0.916. The summed E-state index contributed by atoms with van der Waals surface area (Å²) >= 11 is 0. The van der Waals surface area contributed by atoms with E-state index in [1.54, 1.807) is 0 Å². The van der Waals surface area contributed by atoms with Crippen LogP contribution in [0.1, 0.15) is 19.4 Å². The van der Waals surface area contributed by atoms with Crippen molar-refractivity contribution in [1.82, 2.24) is 9.88 Å². The van der Waals surface area contributed by atoms with Crippen LogP contribution in [-0.2, 0) is 6.54 Å². The fourth-order valence-corrected chi connectivity index (χ4v) is 2.74. The van der Waals surface area contributed by atoms with Crippen LogP contribution in [0.3, 0.4) is 0 Å². The smallest absolute Gasteiger partial charge is 0.0923 e. The van der Waals surface area contributed by atoms with Gasteiger partial charge in [-0.3, -0.25) is 9.88 Å². The Balaban J connectivity index is 1.77. The third-order valence-corrected chi connectivity index (χ3v) is 4.18. The van der Waals surface area contributed by atoms with Gasteiger partial charge in [0.2, 0.25) is 0 Å². The Hall–Kier alpha value is -1.45. The summed E-state index contributed by atoms with van der Waals surface area (Å²) in [4.78, 5) is 6.76. The highest BCUT2D eigenvalue weighted by Crippen LogP contribution is 2.30. The number of fused-ring (bicyclic) bond motifs is 1. The summed E-state index contributed by atoms with van der Waals surface area (Å²) in [5.41, 5.74) is 1.81. The molecule has 3 heteroatoms. The van der Waals surface area contributed by atoms with Crippen LogP contribution in [0.2, 0.25) is 0 Å². The van der Waals surface area contributed by atoms with Crippen molar-refractivity contribution in [3.63, 3.8) is 0 Å². The Bertz CT molecular complexity index is 583. The number of hydrogen-bond acceptors (Lipinski definition) is 3. The van der Waals surface area contributed by atoms with Gasteiger partial charge in [-0.2, -0.15) is 0 Å². The SMILES string of the molecule is CC(C)C1(O)CN(Cc2cccc3cccnc23)C1. The molecule has 0 spiro atoms. The lowest BCUT2D eigenvalue weighted by molar-refractivity contribution is -0.130. The van der Waals surface area contributed by atoms with Crippen LogP contribution in [0.4, 0.5) is 0 Å². The van der Waals surface area contributed by atoms with Crippen molar-refractivity contribution >= 4 is 10.9 Å². The second kappa shape index (κ2) is 4.58. The number of nitrogens with zero attached hydrogens (tertiary/aromatic N) is 2. The second-order valence-corrected chi connectivity index (χ2v) is 5.90. The number of para-hydroxylation sites is 1. The minimum atomic E-state index is -0.502. The van der Waals surface area contributed by atoms with Gasteiger partial charge in [0.25, 0.3) is 0 Å². The summed E-state index contributed by atoms with van der Waals surface area (Å²) in [5, 5.41) is 11.5. The van der Waals surface area contributed by atoms with Gasteiger partial charge in [-0.1, -0.05) is 38.1 Å². The van der Waals surface area contributed by atoms with E-state index in [1.807, 2.05) is 12.3 Å². The zero-order valence-corrected chi connectivity index (χ0v) is 11.5. The van der Waals surface area contributed by atoms with Crippen LogP contribution in [0.15, 0.2) is 36.5 Å². The maximum absolute atomic E-state index is 10.3. The molecular formula is C16H20N2O. The molecule has 3 nitrogen and oxygen atoms in total. The molecule has 0 saturated carbocycles. The van der Waals surface area contributed by atoms with E-state index in [2.05, 4.69) is 48.0 Å². The van der Waals surface area contributed by atoms with Crippen LogP contribution in [-0.4, -0.2) is 33.7 Å². The highest BCUT2D eigenvalue weighted by atomic mass is 16.3. The number of β-amino-alcohol motifs (C(OH)–C–C–N with tert-alkyl or cyclic N) is 1. The molecule has 0 radical (unpaired) electrons. The van der Waals surface area contributed by atoms with E-state index in [1.165, 1.54) is 10.9 Å². The first-order valence-corrected chi connectivity index (χ1v) is 6.86. The fourth-order valence-electron chi connectivity index (χ4n) is 2.74. The van der Waals surface area contributed by atoms with Gasteiger partial charge in [0.15, 0.2) is 0 Å². The molecule has 0 atom stereocenters. The number of hydrogen-bond donors (Lipinski definition) is 1. The predicted molar refractivity (Wildman–Crippen MR) is 76.8 cm³/mol. The molecule has 1 N–H and O–H groups in total. The second-order valence-electron chi connectivity index (χ2n) is 5.90. The topological polar surface area (TPSA) is 36.4 Å². The summed E-state index contributed by atoms with van der Waals surface area (Å²) in [6, 6.07) is 10.3. The maximum Gasteiger partial charge on any atom is 0.0923 e. The van der Waals surface area contributed by atoms with Gasteiger partial charge in [0.1, 0.15) is 0 Å². The van der Waals surface area contributed by atoms with Gasteiger partial charge in [-0.25, -0.2) is 0 Å². The van der Waals surface area contributed by atoms with E-state index in [9.17, 15) is 5.11 Å². The first kappa shape index (κ1) is 12.6. The average Bonchev–Trinajstić information content (AvgIpc) is 2.37. The van der Waals surface area contributed by atoms with E-state index in [4.69, 9.17) is 0 Å². The molecule has 1 fully saturated rings. The van der Waals surface area contributed by atoms with Gasteiger partial charge in [0, 0.05) is 31.2 Å². The number of likely N-dealkylation sites (tertiary alicyclic amines) is 1. The van der Waals surface area contributed by atoms with E-state index < -0.39 is 5.60 Å². The summed E-state index contributed by atoms with van der Waals surface area (Å²) < 4.78 is 0. The molecule has 1 aromatic carbocycles. The Morgan fingerprint density at radius 3 is 2.74 bits per heavy atom. The van der Waals surface area contributed by atoms with Crippen molar-refractivity contribution in [1.29, 1.82) is 0 Å². The highest BCUT2D eigenvalue weighted by molar-refractivity contribution is 5.81. The lowest BCUT2D eigenvalue weighted by atomic mass is 9.83. The molecular weight excluding hydrogens is 236 g/mol. The lowest BCUT2D eigenvalue weighted by Gasteiger charge is -2.49. The Morgan fingerprint density at radius 2 is 2.00 bits per heavy atom. The van der Waals surface area contributed by atoms with E-state index in [0.29, 0.717) is 5.92 Å². The molecule has 19 heavy (non-hydrogen) atoms. The third-order valence-electron chi connectivity index (χ3n) is 4.18. The molecule has 0 unspecified atom stereocenters. The van der Waals surface area contributed by atoms with Gasteiger partial charge in [-0.15, -0.1) is 0 Å². The van der Waals surface area contributed by atoms with Crippen LogP contribution < -0.4 is 0 Å². The average molecular weight is 256 g/mol. The third kappa shape index (κ3) is 2.24. The maximum atomic E-state index is 10.3. The van der Waals surface area contributed by atoms with Gasteiger partial charge in [0.05, 0.1) is 11.1 Å². The molecule has 2 aromatic rings. The summed E-state index contributed by atoms with van der Waals surface area (Å²) in [6.07, 6.45) is 1.84.